The van der Waals surface area contributed by atoms with Crippen molar-refractivity contribution in [2.75, 3.05) is 6.54 Å². The molecule has 1 aromatic rings. The zero-order valence-corrected chi connectivity index (χ0v) is 11.6. The van der Waals surface area contributed by atoms with Gasteiger partial charge in [0.25, 0.3) is 5.91 Å². The minimum absolute atomic E-state index is 0.0828. The quantitative estimate of drug-likeness (QED) is 0.756. The summed E-state index contributed by atoms with van der Waals surface area (Å²) in [4.78, 5) is 22.4. The van der Waals surface area contributed by atoms with Gasteiger partial charge < -0.3 is 15.0 Å². The molecule has 1 rings (SSSR count). The highest BCUT2D eigenvalue weighted by Gasteiger charge is 2.11. The van der Waals surface area contributed by atoms with E-state index >= 15 is 0 Å². The Morgan fingerprint density at radius 3 is 2.68 bits per heavy atom. The van der Waals surface area contributed by atoms with E-state index < -0.39 is 5.97 Å². The lowest BCUT2D eigenvalue weighted by atomic mass is 9.96. The Morgan fingerprint density at radius 2 is 2.16 bits per heavy atom. The Bertz CT molecular complexity index is 426. The van der Waals surface area contributed by atoms with Gasteiger partial charge in [-0.3, -0.25) is 9.59 Å². The largest absolute Gasteiger partial charge is 0.481 e. The number of carboxylic acid groups (broad SMARTS) is 1. The van der Waals surface area contributed by atoms with Crippen LogP contribution in [-0.4, -0.2) is 28.1 Å². The summed E-state index contributed by atoms with van der Waals surface area (Å²) < 4.78 is 1.77. The molecular weight excluding hydrogens is 244 g/mol. The Kier molecular flexibility index (Phi) is 6.12. The number of nitrogens with one attached hydrogen (secondary N) is 1. The molecule has 19 heavy (non-hydrogen) atoms. The third-order valence-corrected chi connectivity index (χ3v) is 3.36. The first kappa shape index (κ1) is 15.3. The maximum atomic E-state index is 11.8. The first-order chi connectivity index (χ1) is 9.04. The zero-order chi connectivity index (χ0) is 14.3. The smallest absolute Gasteiger partial charge is 0.303 e. The monoisotopic (exact) mass is 266 g/mol. The number of carbonyl (C=O) groups excluding carboxylic acids is 1. The first-order valence-electron chi connectivity index (χ1n) is 6.66. The van der Waals surface area contributed by atoms with Crippen molar-refractivity contribution < 1.29 is 14.7 Å². The van der Waals surface area contributed by atoms with E-state index in [0.717, 1.165) is 12.8 Å². The molecule has 1 aromatic heterocycles. The van der Waals surface area contributed by atoms with Crippen LogP contribution in [0.1, 0.15) is 43.1 Å². The fourth-order valence-electron chi connectivity index (χ4n) is 2.06. The third kappa shape index (κ3) is 5.16. The van der Waals surface area contributed by atoms with E-state index in [1.54, 1.807) is 10.6 Å². The van der Waals surface area contributed by atoms with Gasteiger partial charge in [0.15, 0.2) is 0 Å². The lowest BCUT2D eigenvalue weighted by Crippen LogP contribution is -2.27. The fourth-order valence-corrected chi connectivity index (χ4v) is 2.06. The molecule has 1 atom stereocenters. The number of amides is 1. The molecule has 1 heterocycles. The van der Waals surface area contributed by atoms with E-state index in [-0.39, 0.29) is 12.3 Å². The van der Waals surface area contributed by atoms with E-state index in [2.05, 4.69) is 5.32 Å². The molecule has 106 valence electrons. The standard InChI is InChI=1S/C14H22N2O3/c1-3-11(6-7-13(17)18)8-9-15-14(19)12-5-4-10-16(12)2/h4-5,10-11H,3,6-9H2,1-2H3,(H,15,19)(H,17,18). The molecule has 5 nitrogen and oxygen atoms in total. The molecule has 5 heteroatoms. The molecule has 0 radical (unpaired) electrons. The molecule has 0 fully saturated rings. The van der Waals surface area contributed by atoms with Crippen LogP contribution in [0, 0.1) is 5.92 Å². The number of nitrogens with zero attached hydrogens (tertiary/aromatic N) is 1. The van der Waals surface area contributed by atoms with Gasteiger partial charge in [0.05, 0.1) is 0 Å². The molecule has 1 unspecified atom stereocenters. The summed E-state index contributed by atoms with van der Waals surface area (Å²) in [5, 5.41) is 11.5. The molecule has 0 aromatic carbocycles. The lowest BCUT2D eigenvalue weighted by molar-refractivity contribution is -0.137. The number of aryl methyl sites for hydroxylation is 1. The third-order valence-electron chi connectivity index (χ3n) is 3.36. The summed E-state index contributed by atoms with van der Waals surface area (Å²) in [7, 11) is 1.83. The van der Waals surface area contributed by atoms with Crippen molar-refractivity contribution in [2.45, 2.75) is 32.6 Å². The highest BCUT2D eigenvalue weighted by molar-refractivity contribution is 5.92. The van der Waals surface area contributed by atoms with Crippen molar-refractivity contribution in [3.8, 4) is 0 Å². The van der Waals surface area contributed by atoms with E-state index in [1.807, 2.05) is 26.2 Å². The van der Waals surface area contributed by atoms with Crippen LogP contribution in [-0.2, 0) is 11.8 Å². The Morgan fingerprint density at radius 1 is 1.42 bits per heavy atom. The molecule has 0 aliphatic heterocycles. The first-order valence-corrected chi connectivity index (χ1v) is 6.66. The molecule has 0 saturated carbocycles. The topological polar surface area (TPSA) is 71.3 Å². The van der Waals surface area contributed by atoms with E-state index in [9.17, 15) is 9.59 Å². The number of carboxylic acids is 1. The maximum absolute atomic E-state index is 11.8. The second-order valence-corrected chi connectivity index (χ2v) is 4.76. The normalized spacial score (nSPS) is 12.1. The summed E-state index contributed by atoms with van der Waals surface area (Å²) in [5.41, 5.74) is 0.638. The van der Waals surface area contributed by atoms with Crippen molar-refractivity contribution in [3.05, 3.63) is 24.0 Å². The zero-order valence-electron chi connectivity index (χ0n) is 11.6. The van der Waals surface area contributed by atoms with Crippen LogP contribution in [0.2, 0.25) is 0 Å². The lowest BCUT2D eigenvalue weighted by Gasteiger charge is -2.14. The summed E-state index contributed by atoms with van der Waals surface area (Å²) in [6.07, 6.45) is 4.46. The molecule has 0 aliphatic rings. The summed E-state index contributed by atoms with van der Waals surface area (Å²) in [6.45, 7) is 2.63. The molecule has 0 spiro atoms. The summed E-state index contributed by atoms with van der Waals surface area (Å²) in [6, 6.07) is 3.60. The molecule has 0 saturated heterocycles. The molecular formula is C14H22N2O3. The number of aliphatic carboxylic acids is 1. The van der Waals surface area contributed by atoms with E-state index in [1.165, 1.54) is 0 Å². The van der Waals surface area contributed by atoms with Gasteiger partial charge in [0.2, 0.25) is 0 Å². The van der Waals surface area contributed by atoms with Gasteiger partial charge >= 0.3 is 5.97 Å². The van der Waals surface area contributed by atoms with Gasteiger partial charge in [-0.15, -0.1) is 0 Å². The van der Waals surface area contributed by atoms with Gasteiger partial charge in [-0.1, -0.05) is 13.3 Å². The Labute approximate surface area is 113 Å². The number of rotatable bonds is 8. The van der Waals surface area contributed by atoms with Crippen LogP contribution in [0.15, 0.2) is 18.3 Å². The van der Waals surface area contributed by atoms with Gasteiger partial charge in [0, 0.05) is 26.2 Å². The fraction of sp³-hybridized carbons (Fsp3) is 0.571. The van der Waals surface area contributed by atoms with Crippen molar-refractivity contribution >= 4 is 11.9 Å². The highest BCUT2D eigenvalue weighted by atomic mass is 16.4. The van der Waals surface area contributed by atoms with E-state index in [0.29, 0.717) is 24.6 Å². The average molecular weight is 266 g/mol. The van der Waals surface area contributed by atoms with Crippen LogP contribution in [0.5, 0.6) is 0 Å². The van der Waals surface area contributed by atoms with Crippen molar-refractivity contribution in [1.29, 1.82) is 0 Å². The predicted molar refractivity (Wildman–Crippen MR) is 73.0 cm³/mol. The number of hydrogen-bond acceptors (Lipinski definition) is 2. The van der Waals surface area contributed by atoms with Crippen LogP contribution < -0.4 is 5.32 Å². The molecule has 0 aliphatic carbocycles. The molecule has 0 bridgehead atoms. The predicted octanol–water partition coefficient (Wildman–Crippen LogP) is 2.04. The highest BCUT2D eigenvalue weighted by Crippen LogP contribution is 2.14. The van der Waals surface area contributed by atoms with Crippen LogP contribution in [0.3, 0.4) is 0 Å². The second-order valence-electron chi connectivity index (χ2n) is 4.76. The van der Waals surface area contributed by atoms with Crippen LogP contribution in [0.4, 0.5) is 0 Å². The van der Waals surface area contributed by atoms with Crippen molar-refractivity contribution in [3.63, 3.8) is 0 Å². The van der Waals surface area contributed by atoms with Gasteiger partial charge in [-0.2, -0.15) is 0 Å². The maximum Gasteiger partial charge on any atom is 0.303 e. The number of aromatic nitrogens is 1. The molecule has 2 N–H and O–H groups in total. The second kappa shape index (κ2) is 7.61. The SMILES string of the molecule is CCC(CCNC(=O)c1cccn1C)CCC(=O)O. The van der Waals surface area contributed by atoms with Crippen LogP contribution >= 0.6 is 0 Å². The Hall–Kier alpha value is -1.78. The Balaban J connectivity index is 2.30. The number of hydrogen-bond donors (Lipinski definition) is 2. The minimum Gasteiger partial charge on any atom is -0.481 e. The van der Waals surface area contributed by atoms with Gasteiger partial charge in [0.1, 0.15) is 5.69 Å². The minimum atomic E-state index is -0.758. The van der Waals surface area contributed by atoms with Gasteiger partial charge in [-0.05, 0) is 30.9 Å². The van der Waals surface area contributed by atoms with Gasteiger partial charge in [-0.25, -0.2) is 0 Å². The number of carbonyl (C=O) groups is 2. The average Bonchev–Trinajstić information content (AvgIpc) is 2.79. The van der Waals surface area contributed by atoms with Crippen molar-refractivity contribution in [2.24, 2.45) is 13.0 Å². The van der Waals surface area contributed by atoms with E-state index in [4.69, 9.17) is 5.11 Å². The van der Waals surface area contributed by atoms with Crippen LogP contribution in [0.25, 0.3) is 0 Å². The molecule has 1 amide bonds. The summed E-state index contributed by atoms with van der Waals surface area (Å²) >= 11 is 0. The van der Waals surface area contributed by atoms with Crippen molar-refractivity contribution in [1.82, 2.24) is 9.88 Å². The summed E-state index contributed by atoms with van der Waals surface area (Å²) in [5.74, 6) is -0.489.